The molecule has 3 aliphatic carbocycles. The molecular weight excluding hydrogens is 240 g/mol. The Morgan fingerprint density at radius 3 is 2.39 bits per heavy atom. The van der Waals surface area contributed by atoms with E-state index in [1.54, 1.807) is 6.08 Å². The highest BCUT2D eigenvalue weighted by atomic mass is 16.6. The lowest BCUT2D eigenvalue weighted by atomic mass is 9.55. The highest BCUT2D eigenvalue weighted by molar-refractivity contribution is 6.06. The van der Waals surface area contributed by atoms with Crippen molar-refractivity contribution in [2.24, 2.45) is 29.6 Å². The summed E-state index contributed by atoms with van der Waals surface area (Å²) in [6.45, 7) is 0. The van der Waals surface area contributed by atoms with Crippen LogP contribution >= 0.6 is 0 Å². The fourth-order valence-electron chi connectivity index (χ4n) is 3.77. The van der Waals surface area contributed by atoms with Gasteiger partial charge in [0, 0.05) is 11.5 Å². The Bertz CT molecular complexity index is 559. The second-order valence-corrected chi connectivity index (χ2v) is 5.15. The number of carbonyl (C=O) groups excluding carboxylic acids is 4. The van der Waals surface area contributed by atoms with Crippen LogP contribution < -0.4 is 0 Å². The molecule has 92 valence electrons. The van der Waals surface area contributed by atoms with Crippen LogP contribution in [0.5, 0.6) is 0 Å². The van der Waals surface area contributed by atoms with Crippen molar-refractivity contribution in [3.05, 3.63) is 11.6 Å². The van der Waals surface area contributed by atoms with Crippen molar-refractivity contribution in [3.8, 4) is 0 Å². The highest BCUT2D eigenvalue weighted by Crippen LogP contribution is 2.56. The summed E-state index contributed by atoms with van der Waals surface area (Å²) in [6.07, 6.45) is 2.13. The van der Waals surface area contributed by atoms with Crippen LogP contribution in [0.15, 0.2) is 11.6 Å². The Labute approximate surface area is 101 Å². The third-order valence-electron chi connectivity index (χ3n) is 4.42. The molecule has 6 nitrogen and oxygen atoms in total. The summed E-state index contributed by atoms with van der Waals surface area (Å²) in [5, 5.41) is 0. The van der Waals surface area contributed by atoms with Gasteiger partial charge in [0.05, 0.1) is 17.8 Å². The Kier molecular flexibility index (Phi) is 1.60. The van der Waals surface area contributed by atoms with E-state index in [0.717, 1.165) is 0 Å². The normalized spacial score (nSPS) is 44.4. The van der Waals surface area contributed by atoms with Crippen LogP contribution in [0.3, 0.4) is 0 Å². The van der Waals surface area contributed by atoms with E-state index in [1.807, 2.05) is 0 Å². The van der Waals surface area contributed by atoms with Crippen molar-refractivity contribution in [2.75, 3.05) is 0 Å². The van der Waals surface area contributed by atoms with Crippen molar-refractivity contribution in [1.29, 1.82) is 0 Å². The molecule has 2 aliphatic heterocycles. The zero-order valence-electron chi connectivity index (χ0n) is 9.12. The van der Waals surface area contributed by atoms with Gasteiger partial charge in [0.1, 0.15) is 0 Å². The molecule has 4 bridgehead atoms. The summed E-state index contributed by atoms with van der Waals surface area (Å²) < 4.78 is 9.28. The van der Waals surface area contributed by atoms with E-state index in [9.17, 15) is 19.2 Å². The largest absolute Gasteiger partial charge is 0.393 e. The Hall–Kier alpha value is -1.98. The van der Waals surface area contributed by atoms with Gasteiger partial charge in [-0.15, -0.1) is 0 Å². The second-order valence-electron chi connectivity index (χ2n) is 5.15. The molecule has 2 heterocycles. The minimum Gasteiger partial charge on any atom is -0.393 e. The van der Waals surface area contributed by atoms with Crippen LogP contribution in [0.25, 0.3) is 0 Å². The lowest BCUT2D eigenvalue weighted by Crippen LogP contribution is -2.53. The zero-order valence-corrected chi connectivity index (χ0v) is 9.12. The van der Waals surface area contributed by atoms with Gasteiger partial charge in [0.15, 0.2) is 0 Å². The molecule has 0 aromatic rings. The molecule has 18 heavy (non-hydrogen) atoms. The van der Waals surface area contributed by atoms with Gasteiger partial charge in [-0.2, -0.15) is 0 Å². The summed E-state index contributed by atoms with van der Waals surface area (Å²) in [6, 6.07) is 0. The predicted octanol–water partition coefficient (Wildman–Crippen LogP) is -0.422. The van der Waals surface area contributed by atoms with Crippen molar-refractivity contribution < 1.29 is 28.7 Å². The number of cyclic esters (lactones) is 4. The number of hydrogen-bond donors (Lipinski definition) is 0. The number of rotatable bonds is 0. The topological polar surface area (TPSA) is 86.7 Å². The van der Waals surface area contributed by atoms with Gasteiger partial charge in [-0.05, 0) is 12.3 Å². The van der Waals surface area contributed by atoms with E-state index in [-0.39, 0.29) is 5.92 Å². The molecule has 0 radical (unpaired) electrons. The van der Waals surface area contributed by atoms with E-state index in [2.05, 4.69) is 9.47 Å². The maximum atomic E-state index is 11.7. The molecule has 5 atom stereocenters. The molecule has 5 unspecified atom stereocenters. The molecule has 2 saturated heterocycles. The van der Waals surface area contributed by atoms with Gasteiger partial charge in [-0.25, -0.2) is 4.79 Å². The van der Waals surface area contributed by atoms with Crippen molar-refractivity contribution in [3.63, 3.8) is 0 Å². The maximum absolute atomic E-state index is 11.7. The number of ether oxygens (including phenoxy) is 2. The molecule has 0 aromatic heterocycles. The second kappa shape index (κ2) is 2.88. The quantitative estimate of drug-likeness (QED) is 0.427. The van der Waals surface area contributed by atoms with Gasteiger partial charge >= 0.3 is 23.9 Å². The molecule has 6 heteroatoms. The minimum absolute atomic E-state index is 0.268. The lowest BCUT2D eigenvalue weighted by molar-refractivity contribution is -0.172. The molecule has 0 amide bonds. The first-order valence-corrected chi connectivity index (χ1v) is 5.81. The van der Waals surface area contributed by atoms with Crippen LogP contribution in [0.1, 0.15) is 6.42 Å². The highest BCUT2D eigenvalue weighted by Gasteiger charge is 2.64. The smallest absolute Gasteiger partial charge is 0.341 e. The summed E-state index contributed by atoms with van der Waals surface area (Å²) >= 11 is 0. The van der Waals surface area contributed by atoms with Gasteiger partial charge in [0.25, 0.3) is 0 Å². The molecule has 5 aliphatic rings. The first kappa shape index (κ1) is 9.99. The molecule has 5 rings (SSSR count). The molecule has 3 fully saturated rings. The standard InChI is InChI=1S/C12H8O6/c13-9-4-1-3-2-5(10(14)17-9)7(4)8-6(3)11(15)18-12(8)16/h1,3,5-8H,2H2. The lowest BCUT2D eigenvalue weighted by Gasteiger charge is -2.46. The number of esters is 4. The minimum atomic E-state index is -0.684. The zero-order chi connectivity index (χ0) is 12.6. The Morgan fingerprint density at radius 1 is 0.889 bits per heavy atom. The van der Waals surface area contributed by atoms with E-state index in [4.69, 9.17) is 0 Å². The van der Waals surface area contributed by atoms with Gasteiger partial charge in [0.2, 0.25) is 0 Å². The summed E-state index contributed by atoms with van der Waals surface area (Å²) in [5.41, 5.74) is 0.365. The fraction of sp³-hybridized carbons (Fsp3) is 0.500. The van der Waals surface area contributed by atoms with Crippen LogP contribution in [-0.2, 0) is 28.7 Å². The number of allylic oxidation sites excluding steroid dienone is 1. The molecule has 0 spiro atoms. The van der Waals surface area contributed by atoms with Crippen LogP contribution in [0, 0.1) is 29.6 Å². The van der Waals surface area contributed by atoms with Crippen molar-refractivity contribution in [2.45, 2.75) is 6.42 Å². The van der Waals surface area contributed by atoms with Crippen LogP contribution in [-0.4, -0.2) is 23.9 Å². The summed E-state index contributed by atoms with van der Waals surface area (Å²) in [7, 11) is 0. The fourth-order valence-corrected chi connectivity index (χ4v) is 3.77. The van der Waals surface area contributed by atoms with Gasteiger partial charge < -0.3 is 9.47 Å². The van der Waals surface area contributed by atoms with Crippen molar-refractivity contribution in [1.82, 2.24) is 0 Å². The SMILES string of the molecule is O=C1OC(=O)C2CC3C=C1C2C1C(=O)OC(=O)C31. The van der Waals surface area contributed by atoms with Gasteiger partial charge in [-0.3, -0.25) is 14.4 Å². The van der Waals surface area contributed by atoms with Crippen molar-refractivity contribution >= 4 is 23.9 Å². The Morgan fingerprint density at radius 2 is 1.61 bits per heavy atom. The third kappa shape index (κ3) is 0.950. The average molecular weight is 248 g/mol. The first-order chi connectivity index (χ1) is 8.58. The Balaban J connectivity index is 1.90. The molecule has 0 aromatic carbocycles. The first-order valence-electron chi connectivity index (χ1n) is 5.81. The van der Waals surface area contributed by atoms with Crippen LogP contribution in [0.2, 0.25) is 0 Å². The summed E-state index contributed by atoms with van der Waals surface area (Å²) in [4.78, 5) is 46.6. The summed E-state index contributed by atoms with van der Waals surface area (Å²) in [5.74, 6) is -4.92. The van der Waals surface area contributed by atoms with E-state index in [0.29, 0.717) is 12.0 Å². The third-order valence-corrected chi connectivity index (χ3v) is 4.42. The predicted molar refractivity (Wildman–Crippen MR) is 52.3 cm³/mol. The maximum Gasteiger partial charge on any atom is 0.341 e. The van der Waals surface area contributed by atoms with E-state index >= 15 is 0 Å². The number of hydrogen-bond acceptors (Lipinski definition) is 6. The monoisotopic (exact) mass is 248 g/mol. The van der Waals surface area contributed by atoms with Crippen LogP contribution in [0.4, 0.5) is 0 Å². The van der Waals surface area contributed by atoms with E-state index < -0.39 is 47.5 Å². The molecule has 0 N–H and O–H groups in total. The van der Waals surface area contributed by atoms with Gasteiger partial charge in [-0.1, -0.05) is 6.08 Å². The molecule has 1 saturated carbocycles. The molecular formula is C12H8O6. The number of carbonyl (C=O) groups is 4. The van der Waals surface area contributed by atoms with E-state index in [1.165, 1.54) is 0 Å². The average Bonchev–Trinajstić information content (AvgIpc) is 2.65.